The Hall–Kier alpha value is -3.35. The summed E-state index contributed by atoms with van der Waals surface area (Å²) in [6, 6.07) is 13.2. The van der Waals surface area contributed by atoms with E-state index in [1.165, 1.54) is 14.2 Å². The number of amides is 1. The molecule has 2 aromatic carbocycles. The van der Waals surface area contributed by atoms with Gasteiger partial charge >= 0.3 is 0 Å². The van der Waals surface area contributed by atoms with Crippen molar-refractivity contribution in [2.45, 2.75) is 20.5 Å². The second kappa shape index (κ2) is 10.1. The van der Waals surface area contributed by atoms with Crippen molar-refractivity contribution in [1.29, 1.82) is 0 Å². The average molecular weight is 383 g/mol. The number of oxime groups is 2. The molecule has 0 atom stereocenters. The van der Waals surface area contributed by atoms with Crippen LogP contribution in [0.2, 0.25) is 0 Å². The van der Waals surface area contributed by atoms with Crippen LogP contribution in [0.15, 0.2) is 52.8 Å². The van der Waals surface area contributed by atoms with Gasteiger partial charge in [0.25, 0.3) is 5.91 Å². The summed E-state index contributed by atoms with van der Waals surface area (Å²) in [5.74, 6) is 0.414. The molecule has 0 bridgehead atoms. The van der Waals surface area contributed by atoms with Gasteiger partial charge in [0.2, 0.25) is 0 Å². The summed E-state index contributed by atoms with van der Waals surface area (Å²) < 4.78 is 6.00. The van der Waals surface area contributed by atoms with Crippen molar-refractivity contribution in [1.82, 2.24) is 5.32 Å². The van der Waals surface area contributed by atoms with Crippen molar-refractivity contribution in [3.05, 3.63) is 64.7 Å². The summed E-state index contributed by atoms with van der Waals surface area (Å²) in [5.41, 5.74) is 4.39. The predicted molar refractivity (Wildman–Crippen MR) is 109 cm³/mol. The first kappa shape index (κ1) is 21.0. The van der Waals surface area contributed by atoms with Gasteiger partial charge in [-0.15, -0.1) is 0 Å². The topological polar surface area (TPSA) is 81.5 Å². The first-order chi connectivity index (χ1) is 13.5. The van der Waals surface area contributed by atoms with E-state index in [2.05, 4.69) is 15.6 Å². The summed E-state index contributed by atoms with van der Waals surface area (Å²) in [6.45, 7) is 4.12. The third-order valence-electron chi connectivity index (χ3n) is 4.10. The van der Waals surface area contributed by atoms with E-state index in [0.29, 0.717) is 5.56 Å². The lowest BCUT2D eigenvalue weighted by molar-refractivity contribution is -0.114. The van der Waals surface area contributed by atoms with Crippen LogP contribution in [0, 0.1) is 6.92 Å². The van der Waals surface area contributed by atoms with E-state index in [9.17, 15) is 4.79 Å². The van der Waals surface area contributed by atoms with Gasteiger partial charge in [0.1, 0.15) is 26.6 Å². The lowest BCUT2D eigenvalue weighted by atomic mass is 10.0. The molecule has 0 heterocycles. The van der Waals surface area contributed by atoms with Crippen LogP contribution >= 0.6 is 0 Å². The molecule has 0 radical (unpaired) electrons. The Balaban J connectivity index is 2.25. The minimum atomic E-state index is -0.331. The van der Waals surface area contributed by atoms with E-state index >= 15 is 0 Å². The summed E-state index contributed by atoms with van der Waals surface area (Å²) in [6.07, 6.45) is 0. The van der Waals surface area contributed by atoms with Crippen LogP contribution in [0.25, 0.3) is 0 Å². The highest BCUT2D eigenvalue weighted by atomic mass is 16.6. The van der Waals surface area contributed by atoms with Crippen molar-refractivity contribution in [3.63, 3.8) is 0 Å². The third-order valence-corrected chi connectivity index (χ3v) is 4.10. The minimum Gasteiger partial charge on any atom is -0.489 e. The Morgan fingerprint density at radius 1 is 1.07 bits per heavy atom. The Bertz CT molecular complexity index is 891. The van der Waals surface area contributed by atoms with E-state index in [1.807, 2.05) is 56.3 Å². The van der Waals surface area contributed by atoms with Crippen LogP contribution in [0.1, 0.15) is 29.2 Å². The van der Waals surface area contributed by atoms with Crippen molar-refractivity contribution < 1.29 is 19.2 Å². The molecular formula is C21H25N3O4. The van der Waals surface area contributed by atoms with E-state index in [4.69, 9.17) is 14.4 Å². The van der Waals surface area contributed by atoms with Crippen molar-refractivity contribution in [2.24, 2.45) is 10.3 Å². The molecule has 1 N–H and O–H groups in total. The monoisotopic (exact) mass is 383 g/mol. The molecule has 0 aliphatic carbocycles. The highest BCUT2D eigenvalue weighted by Gasteiger charge is 2.17. The lowest BCUT2D eigenvalue weighted by Gasteiger charge is -2.14. The molecule has 2 aromatic rings. The minimum absolute atomic E-state index is 0.197. The molecule has 0 fully saturated rings. The molecule has 7 heteroatoms. The van der Waals surface area contributed by atoms with Crippen molar-refractivity contribution >= 4 is 17.3 Å². The average Bonchev–Trinajstić information content (AvgIpc) is 2.71. The van der Waals surface area contributed by atoms with Crippen molar-refractivity contribution in [3.8, 4) is 5.75 Å². The lowest BCUT2D eigenvalue weighted by Crippen LogP contribution is -2.29. The molecule has 0 aliphatic heterocycles. The molecule has 0 saturated carbocycles. The van der Waals surface area contributed by atoms with Gasteiger partial charge in [-0.05, 0) is 48.7 Å². The van der Waals surface area contributed by atoms with Gasteiger partial charge in [-0.3, -0.25) is 4.79 Å². The fraction of sp³-hybridized carbons (Fsp3) is 0.286. The number of hydrogen-bond acceptors (Lipinski definition) is 6. The molecule has 0 aliphatic rings. The second-order valence-electron chi connectivity index (χ2n) is 5.99. The van der Waals surface area contributed by atoms with Crippen molar-refractivity contribution in [2.75, 3.05) is 21.3 Å². The molecule has 1 amide bonds. The van der Waals surface area contributed by atoms with Crippen LogP contribution in [-0.4, -0.2) is 38.6 Å². The molecule has 0 saturated heterocycles. The molecular weight excluding hydrogens is 358 g/mol. The van der Waals surface area contributed by atoms with Gasteiger partial charge in [-0.25, -0.2) is 0 Å². The molecule has 0 aromatic heterocycles. The zero-order valence-electron chi connectivity index (χ0n) is 16.8. The number of carbonyl (C=O) groups excluding carboxylic acids is 1. The maximum atomic E-state index is 12.2. The summed E-state index contributed by atoms with van der Waals surface area (Å²) in [5, 5.41) is 10.4. The first-order valence-electron chi connectivity index (χ1n) is 8.74. The Kier molecular flexibility index (Phi) is 7.56. The Labute approximate surface area is 165 Å². The normalized spacial score (nSPS) is 11.8. The van der Waals surface area contributed by atoms with Crippen LogP contribution in [0.5, 0.6) is 5.75 Å². The number of benzene rings is 2. The van der Waals surface area contributed by atoms with E-state index in [-0.39, 0.29) is 18.2 Å². The zero-order chi connectivity index (χ0) is 20.5. The summed E-state index contributed by atoms with van der Waals surface area (Å²) in [4.78, 5) is 21.8. The summed E-state index contributed by atoms with van der Waals surface area (Å²) in [7, 11) is 4.47. The molecule has 0 unspecified atom stereocenters. The highest BCUT2D eigenvalue weighted by Crippen LogP contribution is 2.22. The van der Waals surface area contributed by atoms with E-state index in [1.54, 1.807) is 7.05 Å². The molecule has 2 rings (SSSR count). The third kappa shape index (κ3) is 5.09. The first-order valence-corrected chi connectivity index (χ1v) is 8.74. The molecule has 7 nitrogen and oxygen atoms in total. The van der Waals surface area contributed by atoms with E-state index < -0.39 is 0 Å². The zero-order valence-corrected chi connectivity index (χ0v) is 16.8. The maximum Gasteiger partial charge on any atom is 0.273 e. The molecule has 28 heavy (non-hydrogen) atoms. The standard InChI is InChI=1S/C21H25N3O4/c1-14-12-16(15(2)23-26-4)10-11-19(14)28-13-17-8-6-7-9-18(17)20(24-27-5)21(25)22-3/h6-12H,13H2,1-5H3,(H,22,25)/b23-15+,24-20+. The number of aryl methyl sites for hydroxylation is 1. The van der Waals surface area contributed by atoms with Gasteiger partial charge in [-0.2, -0.15) is 0 Å². The molecule has 148 valence electrons. The van der Waals surface area contributed by atoms with Crippen LogP contribution < -0.4 is 10.1 Å². The van der Waals surface area contributed by atoms with Crippen LogP contribution in [0.4, 0.5) is 0 Å². The quantitative estimate of drug-likeness (QED) is 0.561. The Morgan fingerprint density at radius 3 is 2.43 bits per heavy atom. The number of rotatable bonds is 8. The van der Waals surface area contributed by atoms with Crippen LogP contribution in [-0.2, 0) is 21.1 Å². The number of nitrogens with one attached hydrogen (secondary N) is 1. The number of carbonyl (C=O) groups is 1. The maximum absolute atomic E-state index is 12.2. The fourth-order valence-electron chi connectivity index (χ4n) is 2.68. The van der Waals surface area contributed by atoms with Crippen LogP contribution in [0.3, 0.4) is 0 Å². The predicted octanol–water partition coefficient (Wildman–Crippen LogP) is 3.04. The number of nitrogens with zero attached hydrogens (tertiary/aromatic N) is 2. The van der Waals surface area contributed by atoms with E-state index in [0.717, 1.165) is 28.2 Å². The van der Waals surface area contributed by atoms with Gasteiger partial charge < -0.3 is 19.7 Å². The second-order valence-corrected chi connectivity index (χ2v) is 5.99. The number of ether oxygens (including phenoxy) is 1. The highest BCUT2D eigenvalue weighted by molar-refractivity contribution is 6.45. The van der Waals surface area contributed by atoms with Gasteiger partial charge in [-0.1, -0.05) is 34.6 Å². The van der Waals surface area contributed by atoms with Gasteiger partial charge in [0.05, 0.1) is 5.71 Å². The Morgan fingerprint density at radius 2 is 1.79 bits per heavy atom. The smallest absolute Gasteiger partial charge is 0.273 e. The summed E-state index contributed by atoms with van der Waals surface area (Å²) >= 11 is 0. The number of hydrogen-bond donors (Lipinski definition) is 1. The SMILES string of the molecule is CNC(=O)/C(=N/OC)c1ccccc1COc1ccc(/C(C)=N/OC)cc1C. The number of likely N-dealkylation sites (N-methyl/N-ethyl adjacent to an activating group) is 1. The molecule has 0 spiro atoms. The van der Waals surface area contributed by atoms with Gasteiger partial charge in [0.15, 0.2) is 5.71 Å². The van der Waals surface area contributed by atoms with Gasteiger partial charge in [0, 0.05) is 12.6 Å². The largest absolute Gasteiger partial charge is 0.489 e. The fourth-order valence-corrected chi connectivity index (χ4v) is 2.68.